The third-order valence-corrected chi connectivity index (χ3v) is 2.55. The highest BCUT2D eigenvalue weighted by atomic mass is 32.2. The first-order chi connectivity index (χ1) is 6.93. The first-order valence-electron chi connectivity index (χ1n) is 4.28. The Morgan fingerprint density at radius 3 is 2.60 bits per heavy atom. The Balaban J connectivity index is 2.95. The van der Waals surface area contributed by atoms with Gasteiger partial charge in [-0.1, -0.05) is 6.92 Å². The van der Waals surface area contributed by atoms with Crippen molar-refractivity contribution in [2.45, 2.75) is 24.5 Å². The fourth-order valence-electron chi connectivity index (χ4n) is 0.850. The molecule has 3 nitrogen and oxygen atoms in total. The topological polar surface area (TPSA) is 51.8 Å². The molecule has 0 spiro atoms. The fourth-order valence-corrected chi connectivity index (χ4v) is 1.62. The van der Waals surface area contributed by atoms with Crippen LogP contribution in [-0.2, 0) is 6.18 Å². The summed E-state index contributed by atoms with van der Waals surface area (Å²) >= 11 is 1.23. The zero-order valence-corrected chi connectivity index (χ0v) is 8.82. The number of hydrogen-bond donors (Lipinski definition) is 1. The molecule has 1 aromatic rings. The van der Waals surface area contributed by atoms with E-state index in [0.717, 1.165) is 6.42 Å². The molecule has 0 fully saturated rings. The molecule has 2 N–H and O–H groups in total. The van der Waals surface area contributed by atoms with Crippen molar-refractivity contribution in [1.82, 2.24) is 9.97 Å². The molecule has 0 bridgehead atoms. The van der Waals surface area contributed by atoms with Crippen molar-refractivity contribution in [3.63, 3.8) is 0 Å². The highest BCUT2D eigenvalue weighted by Crippen LogP contribution is 2.28. The van der Waals surface area contributed by atoms with Gasteiger partial charge in [-0.15, -0.1) is 11.8 Å². The molecule has 0 saturated heterocycles. The summed E-state index contributed by atoms with van der Waals surface area (Å²) in [5.41, 5.74) is 5.26. The maximum Gasteiger partial charge on any atom is 0.451 e. The highest BCUT2D eigenvalue weighted by Gasteiger charge is 2.35. The predicted molar refractivity (Wildman–Crippen MR) is 52.5 cm³/mol. The molecule has 1 aromatic heterocycles. The second-order valence-electron chi connectivity index (χ2n) is 2.80. The van der Waals surface area contributed by atoms with E-state index in [9.17, 15) is 13.2 Å². The molecule has 1 heterocycles. The first-order valence-corrected chi connectivity index (χ1v) is 5.26. The third-order valence-electron chi connectivity index (χ3n) is 1.43. The Morgan fingerprint density at radius 1 is 1.40 bits per heavy atom. The normalized spacial score (nSPS) is 11.7. The Kier molecular flexibility index (Phi) is 3.78. The molecule has 0 aliphatic heterocycles. The van der Waals surface area contributed by atoms with Gasteiger partial charge in [-0.05, 0) is 12.2 Å². The van der Waals surface area contributed by atoms with E-state index in [2.05, 4.69) is 9.97 Å². The van der Waals surface area contributed by atoms with Crippen LogP contribution in [0.3, 0.4) is 0 Å². The van der Waals surface area contributed by atoms with E-state index in [1.54, 1.807) is 0 Å². The fraction of sp³-hybridized carbons (Fsp3) is 0.500. The number of aromatic nitrogens is 2. The number of nitrogen functional groups attached to an aromatic ring is 1. The van der Waals surface area contributed by atoms with Crippen LogP contribution in [0.25, 0.3) is 0 Å². The largest absolute Gasteiger partial charge is 0.451 e. The molecular formula is C8H10F3N3S. The maximum atomic E-state index is 12.3. The highest BCUT2D eigenvalue weighted by molar-refractivity contribution is 7.99. The Hall–Kier alpha value is -0.980. The van der Waals surface area contributed by atoms with Gasteiger partial charge >= 0.3 is 6.18 Å². The smallest absolute Gasteiger partial charge is 0.384 e. The van der Waals surface area contributed by atoms with Crippen LogP contribution in [0.1, 0.15) is 19.2 Å². The van der Waals surface area contributed by atoms with Gasteiger partial charge in [-0.25, -0.2) is 9.97 Å². The molecule has 0 aromatic carbocycles. The summed E-state index contributed by atoms with van der Waals surface area (Å²) in [6.45, 7) is 1.93. The Bertz CT molecular complexity index is 340. The van der Waals surface area contributed by atoms with Crippen LogP contribution in [0.4, 0.5) is 19.0 Å². The summed E-state index contributed by atoms with van der Waals surface area (Å²) in [5.74, 6) is -0.634. The van der Waals surface area contributed by atoms with Crippen LogP contribution in [0.5, 0.6) is 0 Å². The van der Waals surface area contributed by atoms with Gasteiger partial charge in [0.15, 0.2) is 0 Å². The quantitative estimate of drug-likeness (QED) is 0.648. The Labute approximate surface area is 89.3 Å². The summed E-state index contributed by atoms with van der Waals surface area (Å²) in [6.07, 6.45) is -3.69. The minimum atomic E-state index is -4.54. The number of anilines is 1. The number of rotatable bonds is 3. The number of thioether (sulfide) groups is 1. The van der Waals surface area contributed by atoms with Gasteiger partial charge in [0.1, 0.15) is 10.8 Å². The zero-order valence-electron chi connectivity index (χ0n) is 8.01. The summed E-state index contributed by atoms with van der Waals surface area (Å²) in [7, 11) is 0. The van der Waals surface area contributed by atoms with E-state index in [1.165, 1.54) is 17.8 Å². The molecule has 15 heavy (non-hydrogen) atoms. The lowest BCUT2D eigenvalue weighted by molar-refractivity contribution is -0.145. The number of halogens is 3. The summed E-state index contributed by atoms with van der Waals surface area (Å²) in [5, 5.41) is 0.261. The molecule has 0 amide bonds. The van der Waals surface area contributed by atoms with Crippen LogP contribution in [-0.4, -0.2) is 15.7 Å². The molecule has 7 heteroatoms. The van der Waals surface area contributed by atoms with E-state index >= 15 is 0 Å². The molecular weight excluding hydrogens is 227 g/mol. The van der Waals surface area contributed by atoms with E-state index in [1.807, 2.05) is 6.92 Å². The van der Waals surface area contributed by atoms with Crippen LogP contribution in [0, 0.1) is 0 Å². The van der Waals surface area contributed by atoms with Crippen molar-refractivity contribution < 1.29 is 13.2 Å². The van der Waals surface area contributed by atoms with E-state index in [0.29, 0.717) is 5.75 Å². The zero-order chi connectivity index (χ0) is 11.5. The minimum Gasteiger partial charge on any atom is -0.384 e. The second kappa shape index (κ2) is 4.69. The van der Waals surface area contributed by atoms with Crippen LogP contribution >= 0.6 is 11.8 Å². The summed E-state index contributed by atoms with van der Waals surface area (Å²) < 4.78 is 36.8. The molecule has 0 atom stereocenters. The average molecular weight is 237 g/mol. The van der Waals surface area contributed by atoms with Crippen molar-refractivity contribution in [3.8, 4) is 0 Å². The van der Waals surface area contributed by atoms with Gasteiger partial charge in [-0.3, -0.25) is 0 Å². The van der Waals surface area contributed by atoms with E-state index in [4.69, 9.17) is 5.73 Å². The molecule has 0 saturated carbocycles. The minimum absolute atomic E-state index is 0.157. The lowest BCUT2D eigenvalue weighted by Crippen LogP contribution is -2.12. The van der Waals surface area contributed by atoms with Crippen LogP contribution < -0.4 is 5.73 Å². The van der Waals surface area contributed by atoms with Crippen molar-refractivity contribution in [2.24, 2.45) is 0 Å². The van der Waals surface area contributed by atoms with Gasteiger partial charge < -0.3 is 5.73 Å². The SMILES string of the molecule is CCCSc1cc(N)nc(C(F)(F)F)n1. The molecule has 0 radical (unpaired) electrons. The summed E-state index contributed by atoms with van der Waals surface area (Å²) in [4.78, 5) is 6.53. The molecule has 0 unspecified atom stereocenters. The summed E-state index contributed by atoms with van der Waals surface area (Å²) in [6, 6.07) is 1.34. The van der Waals surface area contributed by atoms with Gasteiger partial charge in [0.2, 0.25) is 5.82 Å². The Morgan fingerprint density at radius 2 is 2.07 bits per heavy atom. The lowest BCUT2D eigenvalue weighted by Gasteiger charge is -2.07. The average Bonchev–Trinajstić information content (AvgIpc) is 2.12. The van der Waals surface area contributed by atoms with Crippen molar-refractivity contribution in [2.75, 3.05) is 11.5 Å². The molecule has 0 aliphatic carbocycles. The number of hydrogen-bond acceptors (Lipinski definition) is 4. The number of alkyl halides is 3. The predicted octanol–water partition coefficient (Wildman–Crippen LogP) is 2.58. The number of nitrogens with two attached hydrogens (primary N) is 1. The molecule has 0 aliphatic rings. The van der Waals surface area contributed by atoms with Crippen molar-refractivity contribution in [3.05, 3.63) is 11.9 Å². The third kappa shape index (κ3) is 3.58. The van der Waals surface area contributed by atoms with E-state index in [-0.39, 0.29) is 10.8 Å². The first kappa shape index (κ1) is 12.1. The van der Waals surface area contributed by atoms with Gasteiger partial charge in [-0.2, -0.15) is 13.2 Å². The van der Waals surface area contributed by atoms with Crippen LogP contribution in [0.15, 0.2) is 11.1 Å². The monoisotopic (exact) mass is 237 g/mol. The second-order valence-corrected chi connectivity index (χ2v) is 3.92. The standard InChI is InChI=1S/C8H10F3N3S/c1-2-3-15-6-4-5(12)13-7(14-6)8(9,10)11/h4H,2-3H2,1H3,(H2,12,13,14). The van der Waals surface area contributed by atoms with Gasteiger partial charge in [0.25, 0.3) is 0 Å². The number of nitrogens with zero attached hydrogens (tertiary/aromatic N) is 2. The van der Waals surface area contributed by atoms with Crippen molar-refractivity contribution in [1.29, 1.82) is 0 Å². The maximum absolute atomic E-state index is 12.3. The van der Waals surface area contributed by atoms with Crippen LogP contribution in [0.2, 0.25) is 0 Å². The molecule has 1 rings (SSSR count). The lowest BCUT2D eigenvalue weighted by atomic mass is 10.5. The van der Waals surface area contributed by atoms with E-state index < -0.39 is 12.0 Å². The van der Waals surface area contributed by atoms with Crippen molar-refractivity contribution >= 4 is 17.6 Å². The molecule has 84 valence electrons. The van der Waals surface area contributed by atoms with Gasteiger partial charge in [0, 0.05) is 6.07 Å². The van der Waals surface area contributed by atoms with Gasteiger partial charge in [0.05, 0.1) is 0 Å².